The highest BCUT2D eigenvalue weighted by Gasteiger charge is 2.05. The van der Waals surface area contributed by atoms with Crippen molar-refractivity contribution in [3.05, 3.63) is 54.3 Å². The van der Waals surface area contributed by atoms with E-state index in [9.17, 15) is 5.11 Å². The van der Waals surface area contributed by atoms with Crippen molar-refractivity contribution in [3.63, 3.8) is 0 Å². The molecule has 0 saturated carbocycles. The fourth-order valence-electron chi connectivity index (χ4n) is 1.84. The fraction of sp³-hybridized carbons (Fsp3) is 0.0667. The molecule has 19 heavy (non-hydrogen) atoms. The summed E-state index contributed by atoms with van der Waals surface area (Å²) in [4.78, 5) is 0. The Balaban J connectivity index is 1.76. The molecule has 0 aliphatic rings. The molecule has 4 nitrogen and oxygen atoms in total. The normalized spacial score (nSPS) is 10.7. The van der Waals surface area contributed by atoms with Crippen molar-refractivity contribution in [3.8, 4) is 17.2 Å². The number of hydrogen-bond donors (Lipinski definition) is 2. The van der Waals surface area contributed by atoms with Crippen LogP contribution in [-0.4, -0.2) is 10.2 Å². The zero-order valence-electron chi connectivity index (χ0n) is 10.0. The fourth-order valence-corrected chi connectivity index (χ4v) is 1.84. The van der Waals surface area contributed by atoms with Gasteiger partial charge < -0.3 is 19.4 Å². The van der Waals surface area contributed by atoms with Crippen LogP contribution in [0.4, 0.5) is 0 Å². The molecule has 1 aromatic heterocycles. The number of phenolic OH excluding ortho intramolecular Hbond substituents is 2. The summed E-state index contributed by atoms with van der Waals surface area (Å²) >= 11 is 0. The maximum Gasteiger partial charge on any atom is 0.146 e. The number of phenols is 2. The van der Waals surface area contributed by atoms with Crippen LogP contribution < -0.4 is 4.74 Å². The van der Waals surface area contributed by atoms with E-state index in [-0.39, 0.29) is 11.5 Å². The van der Waals surface area contributed by atoms with E-state index in [2.05, 4.69) is 0 Å². The summed E-state index contributed by atoms with van der Waals surface area (Å²) < 4.78 is 11.1. The second kappa shape index (κ2) is 4.57. The Morgan fingerprint density at radius 3 is 2.42 bits per heavy atom. The van der Waals surface area contributed by atoms with Crippen molar-refractivity contribution in [1.29, 1.82) is 0 Å². The first-order chi connectivity index (χ1) is 9.20. The number of furan rings is 1. The Kier molecular flexibility index (Phi) is 2.76. The Morgan fingerprint density at radius 2 is 1.63 bits per heavy atom. The second-order valence-electron chi connectivity index (χ2n) is 4.22. The van der Waals surface area contributed by atoms with Gasteiger partial charge in [0.05, 0.1) is 0 Å². The van der Waals surface area contributed by atoms with E-state index in [0.717, 1.165) is 5.39 Å². The van der Waals surface area contributed by atoms with Gasteiger partial charge in [-0.15, -0.1) is 0 Å². The summed E-state index contributed by atoms with van der Waals surface area (Å²) in [7, 11) is 0. The molecule has 0 aliphatic heterocycles. The zero-order valence-corrected chi connectivity index (χ0v) is 10.0. The molecule has 4 heteroatoms. The summed E-state index contributed by atoms with van der Waals surface area (Å²) in [6.07, 6.45) is 0. The average Bonchev–Trinajstić information content (AvgIpc) is 2.80. The summed E-state index contributed by atoms with van der Waals surface area (Å²) in [5.74, 6) is 1.70. The van der Waals surface area contributed by atoms with Crippen LogP contribution in [0.15, 0.2) is 52.9 Å². The highest BCUT2D eigenvalue weighted by Crippen LogP contribution is 2.24. The van der Waals surface area contributed by atoms with Crippen molar-refractivity contribution >= 4 is 11.0 Å². The molecule has 0 saturated heterocycles. The second-order valence-corrected chi connectivity index (χ2v) is 4.22. The van der Waals surface area contributed by atoms with Gasteiger partial charge in [0.2, 0.25) is 0 Å². The van der Waals surface area contributed by atoms with Gasteiger partial charge in [-0.3, -0.25) is 0 Å². The molecule has 0 bridgehead atoms. The molecular formula is C15H12O4. The third-order valence-corrected chi connectivity index (χ3v) is 2.77. The van der Waals surface area contributed by atoms with Crippen molar-refractivity contribution < 1.29 is 19.4 Å². The molecule has 0 amide bonds. The van der Waals surface area contributed by atoms with Crippen LogP contribution in [0.2, 0.25) is 0 Å². The van der Waals surface area contributed by atoms with Crippen LogP contribution in [0, 0.1) is 0 Å². The molecule has 0 spiro atoms. The Morgan fingerprint density at radius 1 is 0.895 bits per heavy atom. The predicted octanol–water partition coefficient (Wildman–Crippen LogP) is 3.42. The maximum atomic E-state index is 9.36. The van der Waals surface area contributed by atoms with E-state index >= 15 is 0 Å². The third-order valence-electron chi connectivity index (χ3n) is 2.77. The van der Waals surface area contributed by atoms with Gasteiger partial charge in [0.15, 0.2) is 0 Å². The third kappa shape index (κ3) is 2.47. The summed E-state index contributed by atoms with van der Waals surface area (Å²) in [5, 5.41) is 19.4. The lowest BCUT2D eigenvalue weighted by Gasteiger charge is -2.03. The van der Waals surface area contributed by atoms with Gasteiger partial charge in [-0.05, 0) is 42.5 Å². The van der Waals surface area contributed by atoms with Crippen molar-refractivity contribution in [2.45, 2.75) is 6.61 Å². The monoisotopic (exact) mass is 256 g/mol. The van der Waals surface area contributed by atoms with Crippen LogP contribution in [0.1, 0.15) is 5.76 Å². The minimum atomic E-state index is 0.174. The average molecular weight is 256 g/mol. The molecule has 3 aromatic rings. The minimum Gasteiger partial charge on any atom is -0.508 e. The van der Waals surface area contributed by atoms with E-state index in [1.165, 1.54) is 0 Å². The number of hydrogen-bond acceptors (Lipinski definition) is 4. The number of aromatic hydroxyl groups is 2. The van der Waals surface area contributed by atoms with Crippen LogP contribution in [0.3, 0.4) is 0 Å². The smallest absolute Gasteiger partial charge is 0.146 e. The molecular weight excluding hydrogens is 244 g/mol. The highest BCUT2D eigenvalue weighted by atomic mass is 16.5. The van der Waals surface area contributed by atoms with E-state index in [0.29, 0.717) is 23.7 Å². The lowest BCUT2D eigenvalue weighted by molar-refractivity contribution is 0.274. The molecule has 0 radical (unpaired) electrons. The molecule has 2 N–H and O–H groups in total. The van der Waals surface area contributed by atoms with Crippen LogP contribution in [0.5, 0.6) is 17.2 Å². The van der Waals surface area contributed by atoms with E-state index in [4.69, 9.17) is 14.3 Å². The summed E-state index contributed by atoms with van der Waals surface area (Å²) in [6.45, 7) is 0.292. The predicted molar refractivity (Wildman–Crippen MR) is 70.3 cm³/mol. The molecule has 1 heterocycles. The van der Waals surface area contributed by atoms with Gasteiger partial charge in [-0.2, -0.15) is 0 Å². The van der Waals surface area contributed by atoms with Gasteiger partial charge in [0.25, 0.3) is 0 Å². The van der Waals surface area contributed by atoms with Crippen LogP contribution in [-0.2, 0) is 6.61 Å². The van der Waals surface area contributed by atoms with Crippen molar-refractivity contribution in [2.75, 3.05) is 0 Å². The molecule has 0 aliphatic carbocycles. The standard InChI is InChI=1S/C15H12O4/c16-11-3-5-13(6-4-11)18-9-14-7-10-1-2-12(17)8-15(10)19-14/h1-8,16-17H,9H2. The van der Waals surface area contributed by atoms with Gasteiger partial charge in [-0.1, -0.05) is 0 Å². The van der Waals surface area contributed by atoms with Gasteiger partial charge in [0, 0.05) is 11.5 Å². The van der Waals surface area contributed by atoms with Gasteiger partial charge in [0.1, 0.15) is 35.2 Å². The van der Waals surface area contributed by atoms with Crippen LogP contribution >= 0.6 is 0 Å². The van der Waals surface area contributed by atoms with E-state index < -0.39 is 0 Å². The number of ether oxygens (including phenoxy) is 1. The molecule has 0 unspecified atom stereocenters. The van der Waals surface area contributed by atoms with Gasteiger partial charge in [-0.25, -0.2) is 0 Å². The molecule has 0 atom stereocenters. The first-order valence-corrected chi connectivity index (χ1v) is 5.84. The Hall–Kier alpha value is -2.62. The largest absolute Gasteiger partial charge is 0.508 e. The van der Waals surface area contributed by atoms with Gasteiger partial charge >= 0.3 is 0 Å². The summed E-state index contributed by atoms with van der Waals surface area (Å²) in [5.41, 5.74) is 0.629. The molecule has 2 aromatic carbocycles. The topological polar surface area (TPSA) is 62.8 Å². The quantitative estimate of drug-likeness (QED) is 0.753. The minimum absolute atomic E-state index is 0.174. The van der Waals surface area contributed by atoms with Crippen molar-refractivity contribution in [1.82, 2.24) is 0 Å². The molecule has 0 fully saturated rings. The van der Waals surface area contributed by atoms with E-state index in [1.54, 1.807) is 42.5 Å². The first-order valence-electron chi connectivity index (χ1n) is 5.84. The maximum absolute atomic E-state index is 9.36. The zero-order chi connectivity index (χ0) is 13.2. The SMILES string of the molecule is Oc1ccc(OCc2cc3ccc(O)cc3o2)cc1. The van der Waals surface area contributed by atoms with Crippen LogP contribution in [0.25, 0.3) is 11.0 Å². The number of rotatable bonds is 3. The van der Waals surface area contributed by atoms with E-state index in [1.807, 2.05) is 6.07 Å². The molecule has 96 valence electrons. The number of fused-ring (bicyclic) bond motifs is 1. The van der Waals surface area contributed by atoms with Crippen molar-refractivity contribution in [2.24, 2.45) is 0 Å². The highest BCUT2D eigenvalue weighted by molar-refractivity contribution is 5.79. The Bertz CT molecular complexity index is 698. The lowest BCUT2D eigenvalue weighted by atomic mass is 10.2. The first kappa shape index (κ1) is 11.5. The Labute approximate surface area is 109 Å². The lowest BCUT2D eigenvalue weighted by Crippen LogP contribution is -1.92. The molecule has 3 rings (SSSR count). The number of benzene rings is 2. The summed E-state index contributed by atoms with van der Waals surface area (Å²) in [6, 6.07) is 13.3.